The van der Waals surface area contributed by atoms with Crippen LogP contribution in [-0.2, 0) is 4.79 Å². The number of carbonyl (C=O) groups excluding carboxylic acids is 2. The first kappa shape index (κ1) is 15.0. The molecule has 0 aliphatic heterocycles. The highest BCUT2D eigenvalue weighted by molar-refractivity contribution is 5.96. The molecule has 0 radical (unpaired) electrons. The predicted octanol–water partition coefficient (Wildman–Crippen LogP) is 1.28. The summed E-state index contributed by atoms with van der Waals surface area (Å²) in [7, 11) is 0. The smallest absolute Gasteiger partial charge is 0.255 e. The number of phenolic OH excluding ortho intramolecular Hbond substituents is 1. The van der Waals surface area contributed by atoms with Gasteiger partial charge in [-0.3, -0.25) is 9.59 Å². The third-order valence-electron chi connectivity index (χ3n) is 2.92. The fraction of sp³-hybridized carbons (Fsp3) is 0.429. The first-order chi connectivity index (χ1) is 9.06. The van der Waals surface area contributed by atoms with Gasteiger partial charge in [-0.1, -0.05) is 26.0 Å². The Labute approximate surface area is 113 Å². The van der Waals surface area contributed by atoms with E-state index in [0.29, 0.717) is 13.1 Å². The Morgan fingerprint density at radius 2 is 1.84 bits per heavy atom. The van der Waals surface area contributed by atoms with Crippen molar-refractivity contribution in [2.75, 3.05) is 13.1 Å². The van der Waals surface area contributed by atoms with Crippen LogP contribution in [0.2, 0.25) is 0 Å². The molecule has 1 unspecified atom stereocenters. The van der Waals surface area contributed by atoms with Crippen molar-refractivity contribution in [3.8, 4) is 5.75 Å². The topological polar surface area (TPSA) is 78.4 Å². The molecule has 1 aromatic rings. The minimum absolute atomic E-state index is 0.0145. The van der Waals surface area contributed by atoms with Crippen molar-refractivity contribution in [2.45, 2.75) is 20.3 Å². The summed E-state index contributed by atoms with van der Waals surface area (Å²) in [4.78, 5) is 23.2. The van der Waals surface area contributed by atoms with E-state index in [2.05, 4.69) is 10.6 Å². The highest BCUT2D eigenvalue weighted by atomic mass is 16.3. The lowest BCUT2D eigenvalue weighted by molar-refractivity contribution is -0.124. The normalized spacial score (nSPS) is 11.7. The van der Waals surface area contributed by atoms with E-state index >= 15 is 0 Å². The quantitative estimate of drug-likeness (QED) is 0.677. The summed E-state index contributed by atoms with van der Waals surface area (Å²) in [6.45, 7) is 4.51. The molecule has 0 heterocycles. The summed E-state index contributed by atoms with van der Waals surface area (Å²) in [6, 6.07) is 6.33. The zero-order chi connectivity index (χ0) is 14.3. The van der Waals surface area contributed by atoms with Gasteiger partial charge < -0.3 is 15.7 Å². The van der Waals surface area contributed by atoms with Crippen LogP contribution in [0.4, 0.5) is 0 Å². The number of amides is 2. The lowest BCUT2D eigenvalue weighted by atomic mass is 10.1. The fourth-order valence-corrected chi connectivity index (χ4v) is 1.48. The van der Waals surface area contributed by atoms with Crippen molar-refractivity contribution >= 4 is 11.8 Å². The van der Waals surface area contributed by atoms with E-state index < -0.39 is 0 Å². The number of carbonyl (C=O) groups is 2. The van der Waals surface area contributed by atoms with Gasteiger partial charge in [0.05, 0.1) is 5.56 Å². The summed E-state index contributed by atoms with van der Waals surface area (Å²) < 4.78 is 0. The molecule has 0 aromatic heterocycles. The average Bonchev–Trinajstić information content (AvgIpc) is 2.42. The number of aromatic hydroxyl groups is 1. The van der Waals surface area contributed by atoms with E-state index in [9.17, 15) is 14.7 Å². The fourth-order valence-electron chi connectivity index (χ4n) is 1.48. The van der Waals surface area contributed by atoms with Crippen molar-refractivity contribution in [3.63, 3.8) is 0 Å². The molecule has 5 nitrogen and oxygen atoms in total. The van der Waals surface area contributed by atoms with E-state index in [4.69, 9.17) is 0 Å². The summed E-state index contributed by atoms with van der Waals surface area (Å²) in [5, 5.41) is 14.9. The van der Waals surface area contributed by atoms with Crippen molar-refractivity contribution < 1.29 is 14.7 Å². The van der Waals surface area contributed by atoms with Crippen LogP contribution in [0.5, 0.6) is 5.75 Å². The van der Waals surface area contributed by atoms with Crippen LogP contribution in [0.25, 0.3) is 0 Å². The van der Waals surface area contributed by atoms with Crippen molar-refractivity contribution in [1.82, 2.24) is 10.6 Å². The second-order valence-electron chi connectivity index (χ2n) is 4.37. The van der Waals surface area contributed by atoms with Gasteiger partial charge in [0.15, 0.2) is 0 Å². The van der Waals surface area contributed by atoms with Crippen LogP contribution in [0.3, 0.4) is 0 Å². The van der Waals surface area contributed by atoms with Crippen LogP contribution in [-0.4, -0.2) is 30.0 Å². The molecule has 0 saturated heterocycles. The molecule has 1 atom stereocenters. The van der Waals surface area contributed by atoms with Gasteiger partial charge in [-0.05, 0) is 18.6 Å². The molecule has 0 spiro atoms. The zero-order valence-corrected chi connectivity index (χ0v) is 11.3. The maximum atomic E-state index is 11.7. The summed E-state index contributed by atoms with van der Waals surface area (Å²) in [5.74, 6) is -0.437. The number of rotatable bonds is 6. The molecule has 0 fully saturated rings. The van der Waals surface area contributed by atoms with Crippen LogP contribution >= 0.6 is 0 Å². The molecule has 1 aromatic carbocycles. The van der Waals surface area contributed by atoms with Gasteiger partial charge in [0, 0.05) is 19.0 Å². The summed E-state index contributed by atoms with van der Waals surface area (Å²) in [5.41, 5.74) is 0.232. The molecule has 0 bridgehead atoms. The minimum atomic E-state index is -0.351. The maximum Gasteiger partial charge on any atom is 0.255 e. The molecule has 104 valence electrons. The average molecular weight is 264 g/mol. The molecule has 0 aliphatic rings. The van der Waals surface area contributed by atoms with E-state index in [0.717, 1.165) is 6.42 Å². The second kappa shape index (κ2) is 7.41. The Kier molecular flexibility index (Phi) is 5.85. The van der Waals surface area contributed by atoms with Gasteiger partial charge in [-0.25, -0.2) is 0 Å². The molecule has 2 amide bonds. The van der Waals surface area contributed by atoms with Gasteiger partial charge in [0.2, 0.25) is 5.91 Å². The first-order valence-electron chi connectivity index (χ1n) is 6.40. The number of para-hydroxylation sites is 1. The molecule has 19 heavy (non-hydrogen) atoms. The van der Waals surface area contributed by atoms with Gasteiger partial charge in [0.25, 0.3) is 5.91 Å². The van der Waals surface area contributed by atoms with Crippen LogP contribution < -0.4 is 10.6 Å². The minimum Gasteiger partial charge on any atom is -0.507 e. The van der Waals surface area contributed by atoms with Crippen LogP contribution in [0.1, 0.15) is 30.6 Å². The lowest BCUT2D eigenvalue weighted by Gasteiger charge is -2.10. The largest absolute Gasteiger partial charge is 0.507 e. The second-order valence-corrected chi connectivity index (χ2v) is 4.37. The van der Waals surface area contributed by atoms with E-state index in [-0.39, 0.29) is 29.0 Å². The van der Waals surface area contributed by atoms with Gasteiger partial charge >= 0.3 is 0 Å². The Morgan fingerprint density at radius 3 is 2.47 bits per heavy atom. The van der Waals surface area contributed by atoms with E-state index in [1.165, 1.54) is 6.07 Å². The Balaban J connectivity index is 2.32. The Bertz CT molecular complexity index is 446. The van der Waals surface area contributed by atoms with Crippen LogP contribution in [0, 0.1) is 5.92 Å². The van der Waals surface area contributed by atoms with Gasteiger partial charge in [0.1, 0.15) is 5.75 Å². The van der Waals surface area contributed by atoms with Crippen molar-refractivity contribution in [1.29, 1.82) is 0 Å². The number of phenols is 1. The number of nitrogens with one attached hydrogen (secondary N) is 2. The molecule has 3 N–H and O–H groups in total. The van der Waals surface area contributed by atoms with Gasteiger partial charge in [-0.2, -0.15) is 0 Å². The molecular weight excluding hydrogens is 244 g/mol. The molecule has 1 rings (SSSR count). The SMILES string of the molecule is CCC(C)C(=O)NCCNC(=O)c1ccccc1O. The van der Waals surface area contributed by atoms with E-state index in [1.54, 1.807) is 18.2 Å². The molecule has 0 saturated carbocycles. The predicted molar refractivity (Wildman–Crippen MR) is 72.9 cm³/mol. The van der Waals surface area contributed by atoms with Crippen LogP contribution in [0.15, 0.2) is 24.3 Å². The standard InChI is InChI=1S/C14H20N2O3/c1-3-10(2)13(18)15-8-9-16-14(19)11-6-4-5-7-12(11)17/h4-7,10,17H,3,8-9H2,1-2H3,(H,15,18)(H,16,19). The summed E-state index contributed by atoms with van der Waals surface area (Å²) >= 11 is 0. The Hall–Kier alpha value is -2.04. The lowest BCUT2D eigenvalue weighted by Crippen LogP contribution is -2.36. The third kappa shape index (κ3) is 4.62. The number of benzene rings is 1. The number of hydrogen-bond acceptors (Lipinski definition) is 3. The molecule has 5 heteroatoms. The van der Waals surface area contributed by atoms with E-state index in [1.807, 2.05) is 13.8 Å². The molecular formula is C14H20N2O3. The third-order valence-corrected chi connectivity index (χ3v) is 2.92. The monoisotopic (exact) mass is 264 g/mol. The van der Waals surface area contributed by atoms with Gasteiger partial charge in [-0.15, -0.1) is 0 Å². The first-order valence-corrected chi connectivity index (χ1v) is 6.40. The van der Waals surface area contributed by atoms with Crippen molar-refractivity contribution in [2.24, 2.45) is 5.92 Å². The molecule has 0 aliphatic carbocycles. The highest BCUT2D eigenvalue weighted by Gasteiger charge is 2.11. The summed E-state index contributed by atoms with van der Waals surface area (Å²) in [6.07, 6.45) is 0.788. The maximum absolute atomic E-state index is 11.7. The zero-order valence-electron chi connectivity index (χ0n) is 11.3. The number of hydrogen-bond donors (Lipinski definition) is 3. The van der Waals surface area contributed by atoms with Crippen molar-refractivity contribution in [3.05, 3.63) is 29.8 Å². The Morgan fingerprint density at radius 1 is 1.21 bits per heavy atom. The highest BCUT2D eigenvalue weighted by Crippen LogP contribution is 2.14.